The quantitative estimate of drug-likeness (QED) is 0.230. The Morgan fingerprint density at radius 3 is 2.37 bits per heavy atom. The highest BCUT2D eigenvalue weighted by molar-refractivity contribution is 7.71. The second kappa shape index (κ2) is 10.6. The van der Waals surface area contributed by atoms with E-state index in [2.05, 4.69) is 15.2 Å². The summed E-state index contributed by atoms with van der Waals surface area (Å²) in [6.45, 7) is -0.179. The van der Waals surface area contributed by atoms with Crippen LogP contribution in [-0.4, -0.2) is 59.3 Å². The maximum Gasteiger partial charge on any atom is 0.340 e. The number of aliphatic hydroxyl groups excluding tert-OH is 1. The lowest BCUT2D eigenvalue weighted by atomic mass is 9.85. The Bertz CT molecular complexity index is 1440. The van der Waals surface area contributed by atoms with Crippen LogP contribution in [-0.2, 0) is 12.1 Å². The van der Waals surface area contributed by atoms with E-state index in [9.17, 15) is 27.1 Å². The molecular formula is C23H20F6N6O2S. The minimum Gasteiger partial charge on any atom is -0.487 e. The molecule has 2 heterocycles. The summed E-state index contributed by atoms with van der Waals surface area (Å²) in [5, 5.41) is 19.5. The van der Waals surface area contributed by atoms with E-state index >= 15 is 4.39 Å². The highest BCUT2D eigenvalue weighted by atomic mass is 32.1. The third kappa shape index (κ3) is 5.29. The minimum atomic E-state index is -4.31. The molecule has 2 atom stereocenters. The first-order valence-corrected chi connectivity index (χ1v) is 11.4. The number of alkyl halides is 4. The van der Waals surface area contributed by atoms with Gasteiger partial charge in [0.1, 0.15) is 48.0 Å². The molecule has 1 N–H and O–H groups in total. The molecule has 0 unspecified atom stereocenters. The summed E-state index contributed by atoms with van der Waals surface area (Å²) in [5.74, 6) is -6.16. The summed E-state index contributed by atoms with van der Waals surface area (Å²) in [7, 11) is 0. The van der Waals surface area contributed by atoms with E-state index < -0.39 is 42.2 Å². The lowest BCUT2D eigenvalue weighted by molar-refractivity contribution is -0.148. The zero-order chi connectivity index (χ0) is 27.7. The Kier molecular flexibility index (Phi) is 7.60. The Labute approximate surface area is 216 Å². The second-order valence-corrected chi connectivity index (χ2v) is 8.81. The van der Waals surface area contributed by atoms with Crippen molar-refractivity contribution in [3.05, 3.63) is 83.4 Å². The second-order valence-electron chi connectivity index (χ2n) is 8.44. The fourth-order valence-electron chi connectivity index (χ4n) is 3.76. The molecule has 0 aliphatic carbocycles. The van der Waals surface area contributed by atoms with Crippen molar-refractivity contribution in [1.29, 1.82) is 0 Å². The van der Waals surface area contributed by atoms with Crippen molar-refractivity contribution < 1.29 is 36.2 Å². The molecule has 0 spiro atoms. The summed E-state index contributed by atoms with van der Waals surface area (Å²) in [5.41, 5.74) is -1.38. The Balaban J connectivity index is 1.69. The van der Waals surface area contributed by atoms with Crippen LogP contribution in [0, 0.1) is 16.4 Å². The van der Waals surface area contributed by atoms with Crippen molar-refractivity contribution in [2.75, 3.05) is 6.61 Å². The van der Waals surface area contributed by atoms with Crippen LogP contribution < -0.4 is 4.74 Å². The average Bonchev–Trinajstić information content (AvgIpc) is 3.52. The van der Waals surface area contributed by atoms with Crippen molar-refractivity contribution in [2.24, 2.45) is 0 Å². The van der Waals surface area contributed by atoms with Crippen LogP contribution in [0.4, 0.5) is 26.3 Å². The van der Waals surface area contributed by atoms with Gasteiger partial charge in [0, 0.05) is 17.3 Å². The topological polar surface area (TPSA) is 82.9 Å². The van der Waals surface area contributed by atoms with Crippen LogP contribution in [0.3, 0.4) is 0 Å². The molecule has 0 amide bonds. The molecule has 0 bridgehead atoms. The molecule has 2 aromatic carbocycles. The third-order valence-electron chi connectivity index (χ3n) is 5.93. The van der Waals surface area contributed by atoms with Gasteiger partial charge >= 0.3 is 12.3 Å². The van der Waals surface area contributed by atoms with Crippen molar-refractivity contribution in [1.82, 2.24) is 29.1 Å². The van der Waals surface area contributed by atoms with Crippen molar-refractivity contribution in [2.45, 2.75) is 37.5 Å². The number of ether oxygens (including phenoxy) is 1. The van der Waals surface area contributed by atoms with Gasteiger partial charge in [-0.05, 0) is 49.5 Å². The lowest BCUT2D eigenvalue weighted by Gasteiger charge is -2.35. The van der Waals surface area contributed by atoms with Crippen LogP contribution in [0.15, 0.2) is 61.4 Å². The number of benzene rings is 2. The molecule has 4 aromatic rings. The number of halogens is 6. The van der Waals surface area contributed by atoms with E-state index in [0.29, 0.717) is 11.8 Å². The lowest BCUT2D eigenvalue weighted by Crippen LogP contribution is -2.47. The van der Waals surface area contributed by atoms with E-state index in [-0.39, 0.29) is 22.6 Å². The van der Waals surface area contributed by atoms with E-state index in [1.54, 1.807) is 0 Å². The van der Waals surface area contributed by atoms with Gasteiger partial charge in [0.2, 0.25) is 4.77 Å². The number of hydrogen-bond acceptors (Lipinski definition) is 6. The van der Waals surface area contributed by atoms with Gasteiger partial charge in [-0.15, -0.1) is 0 Å². The molecule has 0 aliphatic rings. The summed E-state index contributed by atoms with van der Waals surface area (Å²) < 4.78 is 88.3. The third-order valence-corrected chi connectivity index (χ3v) is 6.30. The first kappa shape index (κ1) is 27.3. The molecule has 0 aliphatic heterocycles. The van der Waals surface area contributed by atoms with Crippen molar-refractivity contribution in [3.8, 4) is 11.4 Å². The molecule has 15 heteroatoms. The van der Waals surface area contributed by atoms with E-state index in [0.717, 1.165) is 6.07 Å². The predicted octanol–water partition coefficient (Wildman–Crippen LogP) is 4.38. The molecule has 2 aromatic heterocycles. The Morgan fingerprint density at radius 2 is 1.76 bits per heavy atom. The summed E-state index contributed by atoms with van der Waals surface area (Å²) in [4.78, 5) is 3.82. The van der Waals surface area contributed by atoms with Gasteiger partial charge in [0.25, 0.3) is 0 Å². The molecule has 202 valence electrons. The normalized spacial score (nSPS) is 14.4. The van der Waals surface area contributed by atoms with Crippen LogP contribution in [0.1, 0.15) is 12.5 Å². The molecule has 4 rings (SSSR count). The molecule has 0 radical (unpaired) electrons. The molecule has 0 saturated carbocycles. The molecule has 38 heavy (non-hydrogen) atoms. The van der Waals surface area contributed by atoms with Gasteiger partial charge in [-0.1, -0.05) is 6.07 Å². The number of nitrogens with zero attached hydrogens (tertiary/aromatic N) is 6. The first-order chi connectivity index (χ1) is 17.9. The van der Waals surface area contributed by atoms with Crippen molar-refractivity contribution in [3.63, 3.8) is 0 Å². The zero-order valence-electron chi connectivity index (χ0n) is 19.6. The van der Waals surface area contributed by atoms with Gasteiger partial charge in [0.05, 0.1) is 6.54 Å². The van der Waals surface area contributed by atoms with Crippen molar-refractivity contribution >= 4 is 12.2 Å². The Morgan fingerprint density at radius 1 is 1.05 bits per heavy atom. The van der Waals surface area contributed by atoms with Crippen LogP contribution in [0.5, 0.6) is 5.75 Å². The van der Waals surface area contributed by atoms with Gasteiger partial charge in [-0.25, -0.2) is 27.2 Å². The molecule has 8 nitrogen and oxygen atoms in total. The summed E-state index contributed by atoms with van der Waals surface area (Å²) in [6.07, 6.45) is -1.36. The van der Waals surface area contributed by atoms with Crippen LogP contribution >= 0.6 is 12.2 Å². The minimum absolute atomic E-state index is 0.00762. The van der Waals surface area contributed by atoms with Gasteiger partial charge in [-0.3, -0.25) is 9.25 Å². The largest absolute Gasteiger partial charge is 0.487 e. The highest BCUT2D eigenvalue weighted by Gasteiger charge is 2.42. The first-order valence-electron chi connectivity index (χ1n) is 11.0. The summed E-state index contributed by atoms with van der Waals surface area (Å²) in [6, 6.07) is 8.27. The monoisotopic (exact) mass is 558 g/mol. The van der Waals surface area contributed by atoms with Crippen LogP contribution in [0.25, 0.3) is 5.69 Å². The number of aromatic nitrogens is 6. The van der Waals surface area contributed by atoms with Gasteiger partial charge in [0.15, 0.2) is 6.61 Å². The number of aliphatic hydroxyl groups is 1. The average molecular weight is 559 g/mol. The molecule has 0 saturated heterocycles. The van der Waals surface area contributed by atoms with E-state index in [1.165, 1.54) is 70.2 Å². The van der Waals surface area contributed by atoms with E-state index in [4.69, 9.17) is 17.0 Å². The SMILES string of the molecule is C[C@@](c1ccc(F)cc1F)([C@H](O)Cn1cncn1)n1ncn(-c2ccc(OCC(F)(F)C(F)F)cc2)c1=S. The standard InChI is InChI=1S/C23H20F6N6O2S/c1-22(17-7-2-14(24)8-18(17)25,19(36)9-33-12-30-11-31-33)35-21(38)34(13-32-35)15-3-5-16(6-4-15)37-10-23(28,29)20(26)27/h2-8,11-13,19-20,36H,9-10H2,1H3/t19-,22-/m1/s1. The fourth-order valence-corrected chi connectivity index (χ4v) is 4.15. The maximum atomic E-state index is 15.0. The fraction of sp³-hybridized carbons (Fsp3) is 0.304. The zero-order valence-corrected chi connectivity index (χ0v) is 20.4. The van der Waals surface area contributed by atoms with Gasteiger partial charge < -0.3 is 9.84 Å². The van der Waals surface area contributed by atoms with E-state index in [1.807, 2.05) is 0 Å². The molecule has 0 fully saturated rings. The smallest absolute Gasteiger partial charge is 0.340 e. The predicted molar refractivity (Wildman–Crippen MR) is 124 cm³/mol. The summed E-state index contributed by atoms with van der Waals surface area (Å²) >= 11 is 5.56. The Hall–Kier alpha value is -3.72. The van der Waals surface area contributed by atoms with Crippen LogP contribution in [0.2, 0.25) is 0 Å². The highest BCUT2D eigenvalue weighted by Crippen LogP contribution is 2.33. The maximum absolute atomic E-state index is 15.0. The number of rotatable bonds is 10. The molecular weight excluding hydrogens is 538 g/mol. The van der Waals surface area contributed by atoms with Gasteiger partial charge in [-0.2, -0.15) is 19.0 Å². The number of hydrogen-bond donors (Lipinski definition) is 1.